The van der Waals surface area contributed by atoms with Crippen LogP contribution in [0.2, 0.25) is 0 Å². The molecule has 0 N–H and O–H groups in total. The molecule has 2 heteroatoms. The van der Waals surface area contributed by atoms with Crippen LogP contribution < -0.4 is 0 Å². The monoisotopic (exact) mass is 228 g/mol. The molecule has 3 rings (SSSR count). The molecular formula is C15H20N2. The number of fused-ring (bicyclic) bond motifs is 1. The van der Waals surface area contributed by atoms with E-state index in [1.54, 1.807) is 0 Å². The van der Waals surface area contributed by atoms with E-state index in [1.165, 1.54) is 23.9 Å². The first-order chi connectivity index (χ1) is 8.04. The summed E-state index contributed by atoms with van der Waals surface area (Å²) in [6, 6.07) is 6.67. The van der Waals surface area contributed by atoms with Crippen molar-refractivity contribution in [1.82, 2.24) is 9.55 Å². The van der Waals surface area contributed by atoms with E-state index in [1.807, 2.05) is 6.33 Å². The van der Waals surface area contributed by atoms with Crippen LogP contribution in [0.25, 0.3) is 11.0 Å². The summed E-state index contributed by atoms with van der Waals surface area (Å²) in [7, 11) is 0. The Morgan fingerprint density at radius 1 is 1.29 bits per heavy atom. The standard InChI is InChI=1S/C15H20N2/c1-15(2,3)12-6-7-13-14(8-12)17(10-16-13)9-11-4-5-11/h6-8,10-11H,4-5,9H2,1-3H3. The maximum absolute atomic E-state index is 4.49. The largest absolute Gasteiger partial charge is 0.330 e. The zero-order chi connectivity index (χ0) is 12.0. The third-order valence-corrected chi connectivity index (χ3v) is 3.64. The second-order valence-electron chi connectivity index (χ2n) is 6.29. The SMILES string of the molecule is CC(C)(C)c1ccc2ncn(CC3CC3)c2c1. The van der Waals surface area contributed by atoms with Gasteiger partial charge < -0.3 is 4.57 Å². The second-order valence-corrected chi connectivity index (χ2v) is 6.29. The molecule has 0 bridgehead atoms. The van der Waals surface area contributed by atoms with E-state index < -0.39 is 0 Å². The fraction of sp³-hybridized carbons (Fsp3) is 0.533. The topological polar surface area (TPSA) is 17.8 Å². The third kappa shape index (κ3) is 2.08. The first-order valence-electron chi connectivity index (χ1n) is 6.49. The van der Waals surface area contributed by atoms with Crippen molar-refractivity contribution in [3.05, 3.63) is 30.1 Å². The lowest BCUT2D eigenvalue weighted by Crippen LogP contribution is -2.11. The van der Waals surface area contributed by atoms with Gasteiger partial charge in [-0.25, -0.2) is 4.98 Å². The molecule has 0 saturated heterocycles. The van der Waals surface area contributed by atoms with E-state index in [9.17, 15) is 0 Å². The van der Waals surface area contributed by atoms with Crippen molar-refractivity contribution in [2.24, 2.45) is 5.92 Å². The molecule has 1 fully saturated rings. The summed E-state index contributed by atoms with van der Waals surface area (Å²) in [5.74, 6) is 0.894. The van der Waals surface area contributed by atoms with E-state index in [0.29, 0.717) is 0 Å². The summed E-state index contributed by atoms with van der Waals surface area (Å²) in [5.41, 5.74) is 4.02. The zero-order valence-corrected chi connectivity index (χ0v) is 10.9. The predicted octanol–water partition coefficient (Wildman–Crippen LogP) is 3.74. The molecule has 1 aliphatic rings. The zero-order valence-electron chi connectivity index (χ0n) is 10.9. The molecule has 90 valence electrons. The summed E-state index contributed by atoms with van der Waals surface area (Å²) < 4.78 is 2.32. The van der Waals surface area contributed by atoms with Gasteiger partial charge in [0.05, 0.1) is 17.4 Å². The van der Waals surface area contributed by atoms with Crippen LogP contribution in [0.1, 0.15) is 39.2 Å². The maximum Gasteiger partial charge on any atom is 0.0958 e. The molecular weight excluding hydrogens is 208 g/mol. The maximum atomic E-state index is 4.49. The normalized spacial score (nSPS) is 16.6. The van der Waals surface area contributed by atoms with E-state index >= 15 is 0 Å². The van der Waals surface area contributed by atoms with Gasteiger partial charge in [0, 0.05) is 6.54 Å². The minimum absolute atomic E-state index is 0.211. The highest BCUT2D eigenvalue weighted by Crippen LogP contribution is 2.32. The third-order valence-electron chi connectivity index (χ3n) is 3.64. The fourth-order valence-electron chi connectivity index (χ4n) is 2.25. The Hall–Kier alpha value is -1.31. The number of hydrogen-bond acceptors (Lipinski definition) is 1. The number of rotatable bonds is 2. The van der Waals surface area contributed by atoms with Crippen molar-refractivity contribution >= 4 is 11.0 Å². The lowest BCUT2D eigenvalue weighted by atomic mass is 9.87. The van der Waals surface area contributed by atoms with Gasteiger partial charge in [-0.3, -0.25) is 0 Å². The van der Waals surface area contributed by atoms with Gasteiger partial charge in [0.15, 0.2) is 0 Å². The number of nitrogens with zero attached hydrogens (tertiary/aromatic N) is 2. The predicted molar refractivity (Wildman–Crippen MR) is 71.2 cm³/mol. The first kappa shape index (κ1) is 10.8. The van der Waals surface area contributed by atoms with Crippen LogP contribution in [-0.4, -0.2) is 9.55 Å². The highest BCUT2D eigenvalue weighted by Gasteiger charge is 2.22. The van der Waals surface area contributed by atoms with Gasteiger partial charge in [0.25, 0.3) is 0 Å². The lowest BCUT2D eigenvalue weighted by Gasteiger charge is -2.19. The second kappa shape index (κ2) is 3.59. The molecule has 1 aromatic carbocycles. The number of benzene rings is 1. The highest BCUT2D eigenvalue weighted by atomic mass is 15.0. The van der Waals surface area contributed by atoms with Crippen molar-refractivity contribution in [3.8, 4) is 0 Å². The Morgan fingerprint density at radius 2 is 2.06 bits per heavy atom. The Labute approximate surface area is 103 Å². The minimum Gasteiger partial charge on any atom is -0.330 e. The van der Waals surface area contributed by atoms with E-state index in [2.05, 4.69) is 48.5 Å². The number of aromatic nitrogens is 2. The minimum atomic E-state index is 0.211. The van der Waals surface area contributed by atoms with Crippen LogP contribution in [0.3, 0.4) is 0 Å². The molecule has 0 radical (unpaired) electrons. The molecule has 1 aromatic heterocycles. The molecule has 0 spiro atoms. The summed E-state index contributed by atoms with van der Waals surface area (Å²) in [6.07, 6.45) is 4.77. The van der Waals surface area contributed by atoms with Gasteiger partial charge in [0.1, 0.15) is 0 Å². The molecule has 0 aliphatic heterocycles. The quantitative estimate of drug-likeness (QED) is 0.765. The van der Waals surface area contributed by atoms with Crippen LogP contribution in [-0.2, 0) is 12.0 Å². The van der Waals surface area contributed by atoms with Crippen molar-refractivity contribution in [1.29, 1.82) is 0 Å². The van der Waals surface area contributed by atoms with Crippen LogP contribution in [0.4, 0.5) is 0 Å². The van der Waals surface area contributed by atoms with Crippen molar-refractivity contribution < 1.29 is 0 Å². The number of imidazole rings is 1. The molecule has 0 atom stereocenters. The first-order valence-corrected chi connectivity index (χ1v) is 6.49. The molecule has 2 aromatic rings. The summed E-state index contributed by atoms with van der Waals surface area (Å²) in [6.45, 7) is 7.92. The molecule has 0 amide bonds. The van der Waals surface area contributed by atoms with Gasteiger partial charge in [-0.15, -0.1) is 0 Å². The van der Waals surface area contributed by atoms with E-state index in [4.69, 9.17) is 0 Å². The van der Waals surface area contributed by atoms with Crippen LogP contribution >= 0.6 is 0 Å². The van der Waals surface area contributed by atoms with Gasteiger partial charge in [-0.05, 0) is 41.9 Å². The smallest absolute Gasteiger partial charge is 0.0958 e. The van der Waals surface area contributed by atoms with E-state index in [-0.39, 0.29) is 5.41 Å². The van der Waals surface area contributed by atoms with Gasteiger partial charge in [0.2, 0.25) is 0 Å². The molecule has 17 heavy (non-hydrogen) atoms. The van der Waals surface area contributed by atoms with Crippen molar-refractivity contribution in [2.45, 2.75) is 45.6 Å². The fourth-order valence-corrected chi connectivity index (χ4v) is 2.25. The van der Waals surface area contributed by atoms with Crippen LogP contribution in [0.5, 0.6) is 0 Å². The summed E-state index contributed by atoms with van der Waals surface area (Å²) >= 11 is 0. The summed E-state index contributed by atoms with van der Waals surface area (Å²) in [4.78, 5) is 4.49. The van der Waals surface area contributed by atoms with Crippen molar-refractivity contribution in [3.63, 3.8) is 0 Å². The Balaban J connectivity index is 2.05. The van der Waals surface area contributed by atoms with Gasteiger partial charge >= 0.3 is 0 Å². The average Bonchev–Trinajstić information content (AvgIpc) is 2.98. The highest BCUT2D eigenvalue weighted by molar-refractivity contribution is 5.76. The van der Waals surface area contributed by atoms with Crippen LogP contribution in [0.15, 0.2) is 24.5 Å². The Kier molecular flexibility index (Phi) is 2.29. The molecule has 1 heterocycles. The van der Waals surface area contributed by atoms with Crippen LogP contribution in [0, 0.1) is 5.92 Å². The molecule has 1 aliphatic carbocycles. The summed E-state index contributed by atoms with van der Waals surface area (Å²) in [5, 5.41) is 0. The molecule has 2 nitrogen and oxygen atoms in total. The van der Waals surface area contributed by atoms with Gasteiger partial charge in [-0.1, -0.05) is 26.8 Å². The van der Waals surface area contributed by atoms with E-state index in [0.717, 1.165) is 18.0 Å². The Morgan fingerprint density at radius 3 is 2.71 bits per heavy atom. The van der Waals surface area contributed by atoms with Crippen molar-refractivity contribution in [2.75, 3.05) is 0 Å². The number of hydrogen-bond donors (Lipinski definition) is 0. The molecule has 1 saturated carbocycles. The van der Waals surface area contributed by atoms with Gasteiger partial charge in [-0.2, -0.15) is 0 Å². The Bertz CT molecular complexity index is 542. The molecule has 0 unspecified atom stereocenters. The average molecular weight is 228 g/mol. The lowest BCUT2D eigenvalue weighted by molar-refractivity contribution is 0.589.